The van der Waals surface area contributed by atoms with Crippen LogP contribution in [0.25, 0.3) is 0 Å². The molecule has 3 rings (SSSR count). The maximum atomic E-state index is 6.18. The molecule has 1 aromatic heterocycles. The summed E-state index contributed by atoms with van der Waals surface area (Å²) in [6.07, 6.45) is 5.84. The van der Waals surface area contributed by atoms with E-state index in [2.05, 4.69) is 71.4 Å². The second kappa shape index (κ2) is 5.32. The van der Waals surface area contributed by atoms with Gasteiger partial charge in [-0.2, -0.15) is 5.10 Å². The van der Waals surface area contributed by atoms with E-state index in [9.17, 15) is 0 Å². The molecule has 24 heavy (non-hydrogen) atoms. The number of hydrogen-bond donors (Lipinski definition) is 0. The third kappa shape index (κ3) is 3.28. The molecule has 2 saturated heterocycles. The molecule has 0 spiro atoms. The fourth-order valence-electron chi connectivity index (χ4n) is 3.88. The van der Waals surface area contributed by atoms with E-state index in [1.165, 1.54) is 0 Å². The van der Waals surface area contributed by atoms with Crippen LogP contribution < -0.4 is 5.46 Å². The molecular weight excluding hydrogens is 303 g/mol. The summed E-state index contributed by atoms with van der Waals surface area (Å²) < 4.78 is 20.5. The zero-order valence-electron chi connectivity index (χ0n) is 16.3. The van der Waals surface area contributed by atoms with Gasteiger partial charge in [0.1, 0.15) is 0 Å². The summed E-state index contributed by atoms with van der Waals surface area (Å²) in [7, 11) is -0.357. The van der Waals surface area contributed by atoms with Crippen molar-refractivity contribution in [1.29, 1.82) is 0 Å². The van der Waals surface area contributed by atoms with Crippen LogP contribution in [0.2, 0.25) is 0 Å². The van der Waals surface area contributed by atoms with E-state index in [0.29, 0.717) is 6.04 Å². The molecule has 0 aliphatic carbocycles. The standard InChI is InChI=1S/C18H31BN2O3/c1-15(2)9-14(10-16(3,4)22-15)21-12-13(11-20-21)19-23-17(5,6)18(7,8)24-19/h11-12,14H,9-10H2,1-8H3. The molecule has 0 radical (unpaired) electrons. The quantitative estimate of drug-likeness (QED) is 0.780. The Morgan fingerprint density at radius 3 is 1.96 bits per heavy atom. The maximum absolute atomic E-state index is 6.18. The molecule has 5 nitrogen and oxygen atoms in total. The molecule has 0 amide bonds. The van der Waals surface area contributed by atoms with Crippen molar-refractivity contribution in [3.8, 4) is 0 Å². The number of ether oxygens (including phenoxy) is 1. The van der Waals surface area contributed by atoms with E-state index < -0.39 is 0 Å². The largest absolute Gasteiger partial charge is 0.498 e. The topological polar surface area (TPSA) is 45.5 Å². The second-order valence-corrected chi connectivity index (χ2v) is 9.53. The van der Waals surface area contributed by atoms with Gasteiger partial charge in [-0.3, -0.25) is 4.68 Å². The lowest BCUT2D eigenvalue weighted by molar-refractivity contribution is -0.170. The van der Waals surface area contributed by atoms with Gasteiger partial charge < -0.3 is 14.0 Å². The predicted molar refractivity (Wildman–Crippen MR) is 95.5 cm³/mol. The Morgan fingerprint density at radius 1 is 0.958 bits per heavy atom. The summed E-state index contributed by atoms with van der Waals surface area (Å²) in [4.78, 5) is 0. The molecule has 1 aromatic rings. The molecule has 134 valence electrons. The molecule has 3 heterocycles. The van der Waals surface area contributed by atoms with E-state index >= 15 is 0 Å². The van der Waals surface area contributed by atoms with Gasteiger partial charge in [0.2, 0.25) is 0 Å². The van der Waals surface area contributed by atoms with Gasteiger partial charge in [0.05, 0.1) is 28.4 Å². The molecular formula is C18H31BN2O3. The summed E-state index contributed by atoms with van der Waals surface area (Å²) in [6, 6.07) is 0.319. The van der Waals surface area contributed by atoms with Gasteiger partial charge >= 0.3 is 7.12 Å². The van der Waals surface area contributed by atoms with Crippen LogP contribution in [0, 0.1) is 0 Å². The fraction of sp³-hybridized carbons (Fsp3) is 0.833. The van der Waals surface area contributed by atoms with Crippen LogP contribution in [0.1, 0.15) is 74.3 Å². The maximum Gasteiger partial charge on any atom is 0.498 e. The van der Waals surface area contributed by atoms with Crippen molar-refractivity contribution in [2.75, 3.05) is 0 Å². The number of nitrogens with zero attached hydrogens (tertiary/aromatic N) is 2. The van der Waals surface area contributed by atoms with Crippen LogP contribution in [0.5, 0.6) is 0 Å². The lowest BCUT2D eigenvalue weighted by Crippen LogP contribution is -2.46. The van der Waals surface area contributed by atoms with E-state index in [1.807, 2.05) is 6.20 Å². The average molecular weight is 334 g/mol. The first kappa shape index (κ1) is 18.0. The minimum Gasteiger partial charge on any atom is -0.399 e. The van der Waals surface area contributed by atoms with Crippen molar-refractivity contribution in [3.63, 3.8) is 0 Å². The highest BCUT2D eigenvalue weighted by atomic mass is 16.7. The van der Waals surface area contributed by atoms with Crippen molar-refractivity contribution >= 4 is 12.6 Å². The highest BCUT2D eigenvalue weighted by molar-refractivity contribution is 6.62. The molecule has 2 aliphatic heterocycles. The molecule has 6 heteroatoms. The van der Waals surface area contributed by atoms with Crippen molar-refractivity contribution < 1.29 is 14.0 Å². The van der Waals surface area contributed by atoms with E-state index in [4.69, 9.17) is 14.0 Å². The summed E-state index contributed by atoms with van der Waals surface area (Å²) in [6.45, 7) is 16.9. The Kier molecular flexibility index (Phi) is 3.98. The van der Waals surface area contributed by atoms with E-state index in [-0.39, 0.29) is 29.5 Å². The lowest BCUT2D eigenvalue weighted by atomic mass is 9.81. The first-order valence-corrected chi connectivity index (χ1v) is 8.90. The Morgan fingerprint density at radius 2 is 1.46 bits per heavy atom. The van der Waals surface area contributed by atoms with Gasteiger partial charge in [0, 0.05) is 17.9 Å². The van der Waals surface area contributed by atoms with Gasteiger partial charge in [-0.15, -0.1) is 0 Å². The van der Waals surface area contributed by atoms with Gasteiger partial charge in [-0.25, -0.2) is 0 Å². The highest BCUT2D eigenvalue weighted by Crippen LogP contribution is 2.41. The summed E-state index contributed by atoms with van der Waals surface area (Å²) in [5.74, 6) is 0. The Bertz CT molecular complexity index is 590. The van der Waals surface area contributed by atoms with Crippen molar-refractivity contribution in [3.05, 3.63) is 12.4 Å². The van der Waals surface area contributed by atoms with Crippen molar-refractivity contribution in [2.24, 2.45) is 0 Å². The minimum absolute atomic E-state index is 0.150. The monoisotopic (exact) mass is 334 g/mol. The highest BCUT2D eigenvalue weighted by Gasteiger charge is 2.52. The summed E-state index contributed by atoms with van der Waals surface area (Å²) in [5, 5.41) is 4.61. The normalized spacial score (nSPS) is 28.2. The summed E-state index contributed by atoms with van der Waals surface area (Å²) in [5.41, 5.74) is 0.0205. The van der Waals surface area contributed by atoms with Gasteiger partial charge in [-0.1, -0.05) is 0 Å². The fourth-order valence-corrected chi connectivity index (χ4v) is 3.88. The van der Waals surface area contributed by atoms with Crippen LogP contribution in [-0.4, -0.2) is 39.3 Å². The molecule has 0 unspecified atom stereocenters. The van der Waals surface area contributed by atoms with Crippen LogP contribution in [0.15, 0.2) is 12.4 Å². The Balaban J connectivity index is 1.79. The van der Waals surface area contributed by atoms with Crippen molar-refractivity contribution in [1.82, 2.24) is 9.78 Å². The molecule has 2 aliphatic rings. The third-order valence-corrected chi connectivity index (χ3v) is 5.53. The van der Waals surface area contributed by atoms with Crippen LogP contribution in [-0.2, 0) is 14.0 Å². The lowest BCUT2D eigenvalue weighted by Gasteiger charge is -2.45. The molecule has 0 N–H and O–H groups in total. The van der Waals surface area contributed by atoms with Gasteiger partial charge in [0.15, 0.2) is 0 Å². The zero-order chi connectivity index (χ0) is 18.0. The number of hydrogen-bond acceptors (Lipinski definition) is 4. The van der Waals surface area contributed by atoms with E-state index in [0.717, 1.165) is 18.3 Å². The summed E-state index contributed by atoms with van der Waals surface area (Å²) >= 11 is 0. The Labute approximate surface area is 146 Å². The molecule has 0 bridgehead atoms. The van der Waals surface area contributed by atoms with Gasteiger partial charge in [-0.05, 0) is 68.2 Å². The number of rotatable bonds is 2. The smallest absolute Gasteiger partial charge is 0.399 e. The minimum atomic E-state index is -0.357. The molecule has 0 saturated carbocycles. The molecule has 0 aromatic carbocycles. The Hall–Kier alpha value is -0.845. The first-order chi connectivity index (χ1) is 10.8. The van der Waals surface area contributed by atoms with Gasteiger partial charge in [0.25, 0.3) is 0 Å². The van der Waals surface area contributed by atoms with Crippen LogP contribution >= 0.6 is 0 Å². The molecule has 0 atom stereocenters. The van der Waals surface area contributed by atoms with E-state index in [1.54, 1.807) is 0 Å². The second-order valence-electron chi connectivity index (χ2n) is 9.53. The third-order valence-electron chi connectivity index (χ3n) is 5.53. The average Bonchev–Trinajstić information content (AvgIpc) is 2.89. The first-order valence-electron chi connectivity index (χ1n) is 8.90. The SMILES string of the molecule is CC1(C)CC(n2cc(B3OC(C)(C)C(C)(C)O3)cn2)CC(C)(C)O1. The number of aromatic nitrogens is 2. The zero-order valence-corrected chi connectivity index (χ0v) is 16.3. The van der Waals surface area contributed by atoms with Crippen LogP contribution in [0.3, 0.4) is 0 Å². The van der Waals surface area contributed by atoms with Crippen LogP contribution in [0.4, 0.5) is 0 Å². The molecule has 2 fully saturated rings. The van der Waals surface area contributed by atoms with Crippen molar-refractivity contribution in [2.45, 2.75) is 96.7 Å². The predicted octanol–water partition coefficient (Wildman–Crippen LogP) is 3.09.